The molecule has 3 rings (SSSR count). The number of aliphatic imine (C=N–C) groups is 1. The van der Waals surface area contributed by atoms with Gasteiger partial charge in [-0.25, -0.2) is 9.79 Å². The van der Waals surface area contributed by atoms with E-state index in [1.54, 1.807) is 28.8 Å². The summed E-state index contributed by atoms with van der Waals surface area (Å²) in [6.45, 7) is 0.658. The highest BCUT2D eigenvalue weighted by atomic mass is 35.5. The molecule has 1 fully saturated rings. The summed E-state index contributed by atoms with van der Waals surface area (Å²) in [4.78, 5) is 18.8. The van der Waals surface area contributed by atoms with Crippen molar-refractivity contribution in [3.63, 3.8) is 0 Å². The maximum absolute atomic E-state index is 12.6. The number of nitrogens with zero attached hydrogens (tertiary/aromatic N) is 2. The van der Waals surface area contributed by atoms with Gasteiger partial charge in [-0.05, 0) is 36.8 Å². The Kier molecular flexibility index (Phi) is 5.20. The van der Waals surface area contributed by atoms with E-state index in [0.29, 0.717) is 17.3 Å². The van der Waals surface area contributed by atoms with Crippen molar-refractivity contribution in [2.24, 2.45) is 4.99 Å². The molecule has 0 aliphatic carbocycles. The van der Waals surface area contributed by atoms with Gasteiger partial charge in [-0.15, -0.1) is 0 Å². The SMILES string of the molecule is O=C(Nc1cccc(Cl)c1)N1CCCSC1=Nc1ccccc1. The summed E-state index contributed by atoms with van der Waals surface area (Å²) in [6.07, 6.45) is 0.946. The zero-order valence-electron chi connectivity index (χ0n) is 12.4. The molecule has 4 nitrogen and oxygen atoms in total. The normalized spacial score (nSPS) is 16.4. The number of nitrogens with one attached hydrogen (secondary N) is 1. The van der Waals surface area contributed by atoms with Crippen LogP contribution >= 0.6 is 23.4 Å². The molecule has 0 bridgehead atoms. The van der Waals surface area contributed by atoms with E-state index in [-0.39, 0.29) is 6.03 Å². The Morgan fingerprint density at radius 2 is 2.00 bits per heavy atom. The summed E-state index contributed by atoms with van der Waals surface area (Å²) in [7, 11) is 0. The van der Waals surface area contributed by atoms with Crippen molar-refractivity contribution in [2.45, 2.75) is 6.42 Å². The molecule has 2 amide bonds. The molecule has 1 heterocycles. The van der Waals surface area contributed by atoms with Gasteiger partial charge in [-0.3, -0.25) is 4.90 Å². The molecule has 1 aliphatic heterocycles. The largest absolute Gasteiger partial charge is 0.327 e. The van der Waals surface area contributed by atoms with Crippen LogP contribution in [-0.2, 0) is 0 Å². The summed E-state index contributed by atoms with van der Waals surface area (Å²) in [5.41, 5.74) is 1.52. The maximum atomic E-state index is 12.6. The Morgan fingerprint density at radius 3 is 2.78 bits per heavy atom. The van der Waals surface area contributed by atoms with E-state index in [1.807, 2.05) is 42.5 Å². The van der Waals surface area contributed by atoms with Crippen LogP contribution in [0.4, 0.5) is 16.2 Å². The van der Waals surface area contributed by atoms with E-state index >= 15 is 0 Å². The van der Waals surface area contributed by atoms with Crippen molar-refractivity contribution < 1.29 is 4.79 Å². The van der Waals surface area contributed by atoms with Gasteiger partial charge in [0, 0.05) is 23.0 Å². The standard InChI is InChI=1S/C17H16ClN3OS/c18-13-6-4-9-15(12-13)19-16(22)21-10-5-11-23-17(21)20-14-7-2-1-3-8-14/h1-4,6-9,12H,5,10-11H2,(H,19,22). The van der Waals surface area contributed by atoms with Crippen LogP contribution in [0, 0.1) is 0 Å². The van der Waals surface area contributed by atoms with Gasteiger partial charge in [-0.1, -0.05) is 47.6 Å². The minimum Gasteiger partial charge on any atom is -0.307 e. The minimum absolute atomic E-state index is 0.186. The fourth-order valence-electron chi connectivity index (χ4n) is 2.21. The van der Waals surface area contributed by atoms with Crippen LogP contribution in [0.25, 0.3) is 0 Å². The predicted molar refractivity (Wildman–Crippen MR) is 97.8 cm³/mol. The highest BCUT2D eigenvalue weighted by Crippen LogP contribution is 2.23. The number of amides is 2. The van der Waals surface area contributed by atoms with Gasteiger partial charge in [0.25, 0.3) is 0 Å². The molecule has 118 valence electrons. The average Bonchev–Trinajstić information content (AvgIpc) is 2.56. The highest BCUT2D eigenvalue weighted by Gasteiger charge is 2.23. The Hall–Kier alpha value is -1.98. The first-order valence-electron chi connectivity index (χ1n) is 7.33. The Balaban J connectivity index is 1.78. The van der Waals surface area contributed by atoms with Gasteiger partial charge in [0.05, 0.1) is 5.69 Å². The number of amidine groups is 1. The molecule has 2 aromatic rings. The molecular weight excluding hydrogens is 330 g/mol. The molecule has 23 heavy (non-hydrogen) atoms. The number of para-hydroxylation sites is 1. The van der Waals surface area contributed by atoms with Crippen LogP contribution in [0.3, 0.4) is 0 Å². The number of anilines is 1. The quantitative estimate of drug-likeness (QED) is 0.832. The number of carbonyl (C=O) groups excluding carboxylic acids is 1. The van der Waals surface area contributed by atoms with Gasteiger partial charge in [-0.2, -0.15) is 0 Å². The van der Waals surface area contributed by atoms with Crippen LogP contribution in [0.2, 0.25) is 5.02 Å². The minimum atomic E-state index is -0.186. The number of urea groups is 1. The second kappa shape index (κ2) is 7.53. The van der Waals surface area contributed by atoms with Crippen molar-refractivity contribution in [2.75, 3.05) is 17.6 Å². The van der Waals surface area contributed by atoms with Gasteiger partial charge in [0.15, 0.2) is 5.17 Å². The summed E-state index contributed by atoms with van der Waals surface area (Å²) in [5.74, 6) is 0.965. The van der Waals surface area contributed by atoms with Crippen molar-refractivity contribution in [3.8, 4) is 0 Å². The molecule has 0 radical (unpaired) electrons. The van der Waals surface area contributed by atoms with E-state index in [0.717, 1.165) is 23.0 Å². The number of benzene rings is 2. The van der Waals surface area contributed by atoms with Gasteiger partial charge in [0.1, 0.15) is 0 Å². The fraction of sp³-hybridized carbons (Fsp3) is 0.176. The van der Waals surface area contributed by atoms with E-state index in [2.05, 4.69) is 10.3 Å². The molecule has 2 aromatic carbocycles. The Bertz CT molecular complexity index is 721. The third-order valence-corrected chi connectivity index (χ3v) is 4.59. The molecule has 0 saturated carbocycles. The summed E-state index contributed by atoms with van der Waals surface area (Å²) >= 11 is 7.55. The van der Waals surface area contributed by atoms with E-state index < -0.39 is 0 Å². The molecule has 1 N–H and O–H groups in total. The van der Waals surface area contributed by atoms with Crippen molar-refractivity contribution in [3.05, 3.63) is 59.6 Å². The lowest BCUT2D eigenvalue weighted by atomic mass is 10.3. The Labute approximate surface area is 144 Å². The highest BCUT2D eigenvalue weighted by molar-refractivity contribution is 8.13. The van der Waals surface area contributed by atoms with Crippen LogP contribution in [0.15, 0.2) is 59.6 Å². The first-order chi connectivity index (χ1) is 11.2. The lowest BCUT2D eigenvalue weighted by Gasteiger charge is -2.27. The first-order valence-corrected chi connectivity index (χ1v) is 8.69. The average molecular weight is 346 g/mol. The zero-order valence-corrected chi connectivity index (χ0v) is 14.0. The summed E-state index contributed by atoms with van der Waals surface area (Å²) in [5, 5.41) is 4.19. The Morgan fingerprint density at radius 1 is 1.17 bits per heavy atom. The van der Waals surface area contributed by atoms with Crippen molar-refractivity contribution in [1.29, 1.82) is 0 Å². The van der Waals surface area contributed by atoms with E-state index in [9.17, 15) is 4.79 Å². The van der Waals surface area contributed by atoms with Crippen molar-refractivity contribution in [1.82, 2.24) is 4.90 Å². The molecular formula is C17H16ClN3OS. The molecule has 6 heteroatoms. The van der Waals surface area contributed by atoms with Gasteiger partial charge >= 0.3 is 6.03 Å². The lowest BCUT2D eigenvalue weighted by molar-refractivity contribution is 0.234. The van der Waals surface area contributed by atoms with Gasteiger partial charge in [0.2, 0.25) is 0 Å². The third kappa shape index (κ3) is 4.27. The second-order valence-corrected chi connectivity index (χ2v) is 6.52. The number of halogens is 1. The van der Waals surface area contributed by atoms with E-state index in [1.165, 1.54) is 0 Å². The molecule has 0 aromatic heterocycles. The zero-order chi connectivity index (χ0) is 16.1. The fourth-order valence-corrected chi connectivity index (χ4v) is 3.36. The lowest BCUT2D eigenvalue weighted by Crippen LogP contribution is -2.41. The van der Waals surface area contributed by atoms with Crippen molar-refractivity contribution >= 4 is 45.9 Å². The molecule has 0 unspecified atom stereocenters. The van der Waals surface area contributed by atoms with Crippen LogP contribution in [0.5, 0.6) is 0 Å². The first kappa shape index (κ1) is 15.9. The third-order valence-electron chi connectivity index (χ3n) is 3.29. The summed E-state index contributed by atoms with van der Waals surface area (Å²) < 4.78 is 0. The molecule has 1 saturated heterocycles. The van der Waals surface area contributed by atoms with Gasteiger partial charge < -0.3 is 5.32 Å². The van der Waals surface area contributed by atoms with Crippen LogP contribution in [0.1, 0.15) is 6.42 Å². The number of thioether (sulfide) groups is 1. The molecule has 0 spiro atoms. The topological polar surface area (TPSA) is 44.7 Å². The number of carbonyl (C=O) groups is 1. The van der Waals surface area contributed by atoms with E-state index in [4.69, 9.17) is 11.6 Å². The molecule has 1 aliphatic rings. The van der Waals surface area contributed by atoms with Crippen LogP contribution < -0.4 is 5.32 Å². The summed E-state index contributed by atoms with van der Waals surface area (Å²) in [6, 6.07) is 16.6. The van der Waals surface area contributed by atoms with Crippen LogP contribution in [-0.4, -0.2) is 28.4 Å². The maximum Gasteiger partial charge on any atom is 0.327 e. The second-order valence-electron chi connectivity index (χ2n) is 5.02. The molecule has 0 atom stereocenters. The monoisotopic (exact) mass is 345 g/mol. The smallest absolute Gasteiger partial charge is 0.307 e. The number of hydrogen-bond donors (Lipinski definition) is 1. The number of rotatable bonds is 2. The number of hydrogen-bond acceptors (Lipinski definition) is 3. The predicted octanol–water partition coefficient (Wildman–Crippen LogP) is 5.00.